The van der Waals surface area contributed by atoms with E-state index >= 15 is 0 Å². The van der Waals surface area contributed by atoms with Crippen molar-refractivity contribution >= 4 is 5.69 Å². The van der Waals surface area contributed by atoms with E-state index in [4.69, 9.17) is 5.73 Å². The normalized spacial score (nSPS) is 28.8. The molecule has 2 atom stereocenters. The van der Waals surface area contributed by atoms with Gasteiger partial charge in [-0.1, -0.05) is 29.8 Å². The molecule has 0 radical (unpaired) electrons. The average Bonchev–Trinajstić information content (AvgIpc) is 2.67. The molecule has 2 heterocycles. The molecule has 1 aromatic rings. The molecule has 1 fully saturated rings. The second-order valence-corrected chi connectivity index (χ2v) is 5.95. The molecule has 0 bridgehead atoms. The molecular formula is C16H23N3. The number of rotatable bonds is 2. The Morgan fingerprint density at radius 2 is 2.21 bits per heavy atom. The number of benzene rings is 1. The Morgan fingerprint density at radius 3 is 2.95 bits per heavy atom. The van der Waals surface area contributed by atoms with Gasteiger partial charge in [-0.2, -0.15) is 0 Å². The summed E-state index contributed by atoms with van der Waals surface area (Å²) in [5.41, 5.74) is 12.6. The molecule has 1 saturated heterocycles. The zero-order valence-corrected chi connectivity index (χ0v) is 11.8. The van der Waals surface area contributed by atoms with Crippen LogP contribution in [0.3, 0.4) is 0 Å². The van der Waals surface area contributed by atoms with Gasteiger partial charge in [0.05, 0.1) is 6.04 Å². The zero-order valence-electron chi connectivity index (χ0n) is 11.8. The summed E-state index contributed by atoms with van der Waals surface area (Å²) in [7, 11) is 0. The summed E-state index contributed by atoms with van der Waals surface area (Å²) in [6.45, 7) is 11.3. The molecule has 3 heteroatoms. The van der Waals surface area contributed by atoms with Crippen molar-refractivity contribution in [2.24, 2.45) is 5.73 Å². The standard InChI is InChI=1S/C16H23N3/c1-10-6-11(2)15-13(7-10)16(4-5-17)12(3)8-18-9-14(16)19-15/h6-7,14,18-19H,3-5,8-9,17H2,1-2H3/t14-,16-/m0/s1. The maximum atomic E-state index is 5.92. The summed E-state index contributed by atoms with van der Waals surface area (Å²) in [6, 6.07) is 4.95. The summed E-state index contributed by atoms with van der Waals surface area (Å²) in [6.07, 6.45) is 0.973. The molecule has 0 unspecified atom stereocenters. The van der Waals surface area contributed by atoms with Gasteiger partial charge in [-0.05, 0) is 37.9 Å². The predicted octanol–water partition coefficient (Wildman–Crippen LogP) is 1.84. The lowest BCUT2D eigenvalue weighted by Gasteiger charge is -2.42. The fourth-order valence-corrected chi connectivity index (χ4v) is 3.90. The third kappa shape index (κ3) is 1.65. The summed E-state index contributed by atoms with van der Waals surface area (Å²) < 4.78 is 0. The maximum absolute atomic E-state index is 5.92. The third-order valence-electron chi connectivity index (χ3n) is 4.73. The van der Waals surface area contributed by atoms with E-state index in [0.717, 1.165) is 19.5 Å². The number of piperidine rings is 1. The Bertz CT molecular complexity index is 535. The van der Waals surface area contributed by atoms with Crippen LogP contribution in [0.1, 0.15) is 23.1 Å². The number of hydrogen-bond donors (Lipinski definition) is 3. The monoisotopic (exact) mass is 257 g/mol. The largest absolute Gasteiger partial charge is 0.379 e. The minimum absolute atomic E-state index is 0.0200. The van der Waals surface area contributed by atoms with Gasteiger partial charge in [-0.25, -0.2) is 0 Å². The van der Waals surface area contributed by atoms with Crippen LogP contribution in [0.4, 0.5) is 5.69 Å². The Kier molecular flexibility index (Phi) is 2.91. The molecule has 1 aromatic carbocycles. The molecule has 0 spiro atoms. The third-order valence-corrected chi connectivity index (χ3v) is 4.73. The van der Waals surface area contributed by atoms with Gasteiger partial charge in [0.15, 0.2) is 0 Å². The van der Waals surface area contributed by atoms with Crippen molar-refractivity contribution in [2.75, 3.05) is 25.0 Å². The highest BCUT2D eigenvalue weighted by atomic mass is 15.1. The zero-order chi connectivity index (χ0) is 13.6. The number of hydrogen-bond acceptors (Lipinski definition) is 3. The van der Waals surface area contributed by atoms with Crippen LogP contribution in [0.2, 0.25) is 0 Å². The Balaban J connectivity index is 2.21. The summed E-state index contributed by atoms with van der Waals surface area (Å²) in [5.74, 6) is 0. The lowest BCUT2D eigenvalue weighted by atomic mass is 9.67. The van der Waals surface area contributed by atoms with Gasteiger partial charge in [-0.3, -0.25) is 0 Å². The minimum Gasteiger partial charge on any atom is -0.379 e. The quantitative estimate of drug-likeness (QED) is 0.709. The van der Waals surface area contributed by atoms with Gasteiger partial charge in [0.2, 0.25) is 0 Å². The van der Waals surface area contributed by atoms with Crippen LogP contribution in [0.25, 0.3) is 0 Å². The van der Waals surface area contributed by atoms with E-state index in [1.54, 1.807) is 0 Å². The summed E-state index contributed by atoms with van der Waals surface area (Å²) >= 11 is 0. The van der Waals surface area contributed by atoms with Crippen LogP contribution < -0.4 is 16.4 Å². The number of fused-ring (bicyclic) bond motifs is 3. The Morgan fingerprint density at radius 1 is 1.42 bits per heavy atom. The highest BCUT2D eigenvalue weighted by molar-refractivity contribution is 5.70. The highest BCUT2D eigenvalue weighted by Crippen LogP contribution is 2.50. The van der Waals surface area contributed by atoms with E-state index in [2.05, 4.69) is 43.2 Å². The first-order valence-corrected chi connectivity index (χ1v) is 7.07. The predicted molar refractivity (Wildman–Crippen MR) is 80.7 cm³/mol. The van der Waals surface area contributed by atoms with E-state index in [1.807, 2.05) is 0 Å². The van der Waals surface area contributed by atoms with E-state index in [0.29, 0.717) is 12.6 Å². The van der Waals surface area contributed by atoms with Crippen molar-refractivity contribution < 1.29 is 0 Å². The number of nitrogens with two attached hydrogens (primary N) is 1. The van der Waals surface area contributed by atoms with Gasteiger partial charge in [0.25, 0.3) is 0 Å². The van der Waals surface area contributed by atoms with Crippen molar-refractivity contribution in [1.29, 1.82) is 0 Å². The first-order valence-electron chi connectivity index (χ1n) is 7.07. The molecule has 0 saturated carbocycles. The molecule has 102 valence electrons. The summed E-state index contributed by atoms with van der Waals surface area (Å²) in [4.78, 5) is 0. The van der Waals surface area contributed by atoms with Gasteiger partial charge in [0, 0.05) is 24.2 Å². The number of nitrogens with one attached hydrogen (secondary N) is 2. The van der Waals surface area contributed by atoms with Crippen LogP contribution >= 0.6 is 0 Å². The van der Waals surface area contributed by atoms with Crippen molar-refractivity contribution in [2.45, 2.75) is 31.7 Å². The highest BCUT2D eigenvalue weighted by Gasteiger charge is 2.50. The van der Waals surface area contributed by atoms with Crippen LogP contribution in [0, 0.1) is 13.8 Å². The van der Waals surface area contributed by atoms with Crippen LogP contribution in [0.5, 0.6) is 0 Å². The van der Waals surface area contributed by atoms with Gasteiger partial charge >= 0.3 is 0 Å². The van der Waals surface area contributed by atoms with Gasteiger partial charge < -0.3 is 16.4 Å². The minimum atomic E-state index is 0.0200. The van der Waals surface area contributed by atoms with Crippen LogP contribution in [-0.2, 0) is 5.41 Å². The maximum Gasteiger partial charge on any atom is 0.0521 e. The molecule has 19 heavy (non-hydrogen) atoms. The molecule has 4 N–H and O–H groups in total. The molecule has 3 rings (SSSR count). The van der Waals surface area contributed by atoms with Crippen molar-refractivity contribution in [3.8, 4) is 0 Å². The molecule has 2 aliphatic heterocycles. The molecule has 3 nitrogen and oxygen atoms in total. The first kappa shape index (κ1) is 12.7. The van der Waals surface area contributed by atoms with E-state index < -0.39 is 0 Å². The van der Waals surface area contributed by atoms with Crippen molar-refractivity contribution in [1.82, 2.24) is 5.32 Å². The topological polar surface area (TPSA) is 50.1 Å². The smallest absolute Gasteiger partial charge is 0.0521 e. The van der Waals surface area contributed by atoms with Crippen LogP contribution in [0.15, 0.2) is 24.3 Å². The SMILES string of the molecule is C=C1CNC[C@@H]2Nc3c(C)cc(C)cc3[C@]12CCN. The first-order chi connectivity index (χ1) is 9.09. The average molecular weight is 257 g/mol. The summed E-state index contributed by atoms with van der Waals surface area (Å²) in [5, 5.41) is 7.16. The van der Waals surface area contributed by atoms with Gasteiger partial charge in [-0.15, -0.1) is 0 Å². The van der Waals surface area contributed by atoms with E-state index in [1.165, 1.54) is 28.0 Å². The second kappa shape index (κ2) is 4.36. The Hall–Kier alpha value is -1.32. The molecule has 2 aliphatic rings. The Labute approximate surface area is 115 Å². The fourth-order valence-electron chi connectivity index (χ4n) is 3.90. The van der Waals surface area contributed by atoms with Crippen molar-refractivity contribution in [3.63, 3.8) is 0 Å². The van der Waals surface area contributed by atoms with E-state index in [-0.39, 0.29) is 5.41 Å². The van der Waals surface area contributed by atoms with E-state index in [9.17, 15) is 0 Å². The number of aryl methyl sites for hydroxylation is 2. The molecular weight excluding hydrogens is 234 g/mol. The fraction of sp³-hybridized carbons (Fsp3) is 0.500. The van der Waals surface area contributed by atoms with Crippen molar-refractivity contribution in [3.05, 3.63) is 41.0 Å². The second-order valence-electron chi connectivity index (χ2n) is 5.95. The number of anilines is 1. The van der Waals surface area contributed by atoms with Gasteiger partial charge in [0.1, 0.15) is 0 Å². The lowest BCUT2D eigenvalue weighted by molar-refractivity contribution is 0.361. The molecule has 0 aromatic heterocycles. The lowest BCUT2D eigenvalue weighted by Crippen LogP contribution is -2.54. The molecule has 0 aliphatic carbocycles. The van der Waals surface area contributed by atoms with Crippen LogP contribution in [-0.4, -0.2) is 25.7 Å². The molecule has 0 amide bonds.